The Bertz CT molecular complexity index is 993. The second kappa shape index (κ2) is 8.62. The first-order valence-corrected chi connectivity index (χ1v) is 8.40. The van der Waals surface area contributed by atoms with Crippen molar-refractivity contribution in [2.45, 2.75) is 0 Å². The average molecular weight is 361 g/mol. The average Bonchev–Trinajstić information content (AvgIpc) is 2.72. The molecule has 2 amide bonds. The Kier molecular flexibility index (Phi) is 5.79. The summed E-state index contributed by atoms with van der Waals surface area (Å²) in [7, 11) is 1.56. The molecule has 0 heterocycles. The van der Waals surface area contributed by atoms with Crippen molar-refractivity contribution in [1.82, 2.24) is 10.7 Å². The van der Waals surface area contributed by atoms with E-state index in [0.717, 1.165) is 16.3 Å². The maximum absolute atomic E-state index is 12.4. The number of hydrogen-bond donors (Lipinski definition) is 2. The third-order valence-electron chi connectivity index (χ3n) is 3.98. The van der Waals surface area contributed by atoms with Crippen LogP contribution in [0.4, 0.5) is 0 Å². The highest BCUT2D eigenvalue weighted by Gasteiger charge is 2.10. The molecule has 6 nitrogen and oxygen atoms in total. The summed E-state index contributed by atoms with van der Waals surface area (Å²) in [5.41, 5.74) is 3.65. The number of ether oxygens (including phenoxy) is 1. The van der Waals surface area contributed by atoms with Gasteiger partial charge in [-0.2, -0.15) is 5.10 Å². The molecule has 3 aromatic carbocycles. The Balaban J connectivity index is 1.57. The standard InChI is InChI=1S/C21H19N3O3/c1-27-19-12-5-3-8-16(19)13-23-24-20(25)14-22-21(26)18-11-6-9-15-7-2-4-10-17(15)18/h2-13H,14H2,1H3,(H,22,26)(H,24,25)/b23-13+. The highest BCUT2D eigenvalue weighted by Crippen LogP contribution is 2.18. The van der Waals surface area contributed by atoms with Crippen molar-refractivity contribution in [1.29, 1.82) is 0 Å². The zero-order valence-electron chi connectivity index (χ0n) is 14.8. The number of hydrogen-bond acceptors (Lipinski definition) is 4. The summed E-state index contributed by atoms with van der Waals surface area (Å²) in [5, 5.41) is 8.32. The van der Waals surface area contributed by atoms with Crippen LogP contribution in [0.15, 0.2) is 71.8 Å². The SMILES string of the molecule is COc1ccccc1/C=N/NC(=O)CNC(=O)c1cccc2ccccc12. The molecule has 0 atom stereocenters. The highest BCUT2D eigenvalue weighted by molar-refractivity contribution is 6.07. The second-order valence-electron chi connectivity index (χ2n) is 5.74. The van der Waals surface area contributed by atoms with Crippen molar-refractivity contribution in [2.24, 2.45) is 5.10 Å². The Morgan fingerprint density at radius 3 is 2.59 bits per heavy atom. The molecule has 0 radical (unpaired) electrons. The zero-order valence-corrected chi connectivity index (χ0v) is 14.8. The van der Waals surface area contributed by atoms with Gasteiger partial charge in [-0.1, -0.05) is 48.5 Å². The quantitative estimate of drug-likeness (QED) is 0.523. The van der Waals surface area contributed by atoms with Crippen LogP contribution in [0.3, 0.4) is 0 Å². The molecule has 136 valence electrons. The van der Waals surface area contributed by atoms with Gasteiger partial charge >= 0.3 is 0 Å². The van der Waals surface area contributed by atoms with E-state index in [1.807, 2.05) is 54.6 Å². The first-order valence-electron chi connectivity index (χ1n) is 8.40. The summed E-state index contributed by atoms with van der Waals surface area (Å²) in [6.45, 7) is -0.175. The minimum Gasteiger partial charge on any atom is -0.496 e. The molecule has 0 aromatic heterocycles. The van der Waals surface area contributed by atoms with Crippen LogP contribution in [0.1, 0.15) is 15.9 Å². The fraction of sp³-hybridized carbons (Fsp3) is 0.0952. The van der Waals surface area contributed by atoms with E-state index < -0.39 is 5.91 Å². The van der Waals surface area contributed by atoms with Crippen LogP contribution in [0.5, 0.6) is 5.75 Å². The van der Waals surface area contributed by atoms with Crippen molar-refractivity contribution >= 4 is 28.8 Å². The van der Waals surface area contributed by atoms with Crippen molar-refractivity contribution in [3.8, 4) is 5.75 Å². The number of amides is 2. The number of fused-ring (bicyclic) bond motifs is 1. The summed E-state index contributed by atoms with van der Waals surface area (Å²) in [5.74, 6) is -0.0786. The third kappa shape index (κ3) is 4.49. The van der Waals surface area contributed by atoms with Crippen LogP contribution in [0, 0.1) is 0 Å². The zero-order chi connectivity index (χ0) is 19.1. The molecule has 0 aliphatic heterocycles. The van der Waals surface area contributed by atoms with Crippen LogP contribution in [0.25, 0.3) is 10.8 Å². The molecule has 27 heavy (non-hydrogen) atoms. The molecule has 0 bridgehead atoms. The fourth-order valence-corrected chi connectivity index (χ4v) is 2.67. The maximum Gasteiger partial charge on any atom is 0.259 e. The number of nitrogens with one attached hydrogen (secondary N) is 2. The molecule has 3 rings (SSSR count). The Morgan fingerprint density at radius 1 is 1.00 bits per heavy atom. The number of carbonyl (C=O) groups is 2. The van der Waals surface area contributed by atoms with Gasteiger partial charge in [0.25, 0.3) is 11.8 Å². The van der Waals surface area contributed by atoms with Crippen molar-refractivity contribution in [3.05, 3.63) is 77.9 Å². The van der Waals surface area contributed by atoms with Crippen LogP contribution < -0.4 is 15.5 Å². The van der Waals surface area contributed by atoms with Gasteiger partial charge in [-0.15, -0.1) is 0 Å². The number of benzene rings is 3. The highest BCUT2D eigenvalue weighted by atomic mass is 16.5. The molecule has 0 spiro atoms. The first kappa shape index (κ1) is 18.1. The van der Waals surface area contributed by atoms with E-state index in [9.17, 15) is 9.59 Å². The lowest BCUT2D eigenvalue weighted by molar-refractivity contribution is -0.120. The van der Waals surface area contributed by atoms with Gasteiger partial charge in [0, 0.05) is 11.1 Å². The smallest absolute Gasteiger partial charge is 0.259 e. The number of methoxy groups -OCH3 is 1. The van der Waals surface area contributed by atoms with Gasteiger partial charge in [-0.3, -0.25) is 9.59 Å². The molecule has 0 saturated carbocycles. The molecule has 2 N–H and O–H groups in total. The minimum atomic E-state index is -0.422. The normalized spacial score (nSPS) is 10.7. The number of carbonyl (C=O) groups excluding carboxylic acids is 2. The Hall–Kier alpha value is -3.67. The van der Waals surface area contributed by atoms with Crippen molar-refractivity contribution in [2.75, 3.05) is 13.7 Å². The molecule has 0 fully saturated rings. The lowest BCUT2D eigenvalue weighted by Crippen LogP contribution is -2.35. The predicted molar refractivity (Wildman–Crippen MR) is 105 cm³/mol. The summed E-state index contributed by atoms with van der Waals surface area (Å²) in [6, 6.07) is 20.4. The Morgan fingerprint density at radius 2 is 1.74 bits per heavy atom. The van der Waals surface area contributed by atoms with E-state index >= 15 is 0 Å². The van der Waals surface area contributed by atoms with Gasteiger partial charge in [0.1, 0.15) is 5.75 Å². The largest absolute Gasteiger partial charge is 0.496 e. The van der Waals surface area contributed by atoms with Gasteiger partial charge in [0.15, 0.2) is 0 Å². The van der Waals surface area contributed by atoms with Gasteiger partial charge in [-0.25, -0.2) is 5.43 Å². The van der Waals surface area contributed by atoms with E-state index in [0.29, 0.717) is 11.3 Å². The van der Waals surface area contributed by atoms with E-state index in [1.165, 1.54) is 6.21 Å². The molecule has 0 saturated heterocycles. The number of nitrogens with zero attached hydrogens (tertiary/aromatic N) is 1. The molecule has 0 unspecified atom stereocenters. The maximum atomic E-state index is 12.4. The summed E-state index contributed by atoms with van der Waals surface area (Å²) in [4.78, 5) is 24.3. The lowest BCUT2D eigenvalue weighted by Gasteiger charge is -2.07. The summed E-state index contributed by atoms with van der Waals surface area (Å²) < 4.78 is 5.20. The first-order chi connectivity index (χ1) is 13.2. The molecule has 3 aromatic rings. The van der Waals surface area contributed by atoms with Gasteiger partial charge < -0.3 is 10.1 Å². The van der Waals surface area contributed by atoms with Gasteiger partial charge in [0.2, 0.25) is 0 Å². The number of rotatable bonds is 6. The molecule has 6 heteroatoms. The molecule has 0 aliphatic rings. The monoisotopic (exact) mass is 361 g/mol. The van der Waals surface area contributed by atoms with E-state index in [2.05, 4.69) is 15.8 Å². The Labute approximate surface area is 156 Å². The number of hydrazone groups is 1. The number of para-hydroxylation sites is 1. The topological polar surface area (TPSA) is 79.8 Å². The van der Waals surface area contributed by atoms with E-state index in [4.69, 9.17) is 4.74 Å². The van der Waals surface area contributed by atoms with E-state index in [-0.39, 0.29) is 12.5 Å². The summed E-state index contributed by atoms with van der Waals surface area (Å²) >= 11 is 0. The van der Waals surface area contributed by atoms with Gasteiger partial charge in [-0.05, 0) is 29.0 Å². The third-order valence-corrected chi connectivity index (χ3v) is 3.98. The second-order valence-corrected chi connectivity index (χ2v) is 5.74. The molecule has 0 aliphatic carbocycles. The van der Waals surface area contributed by atoms with Crippen LogP contribution in [-0.2, 0) is 4.79 Å². The predicted octanol–water partition coefficient (Wildman–Crippen LogP) is 2.73. The minimum absolute atomic E-state index is 0.175. The van der Waals surface area contributed by atoms with Crippen LogP contribution >= 0.6 is 0 Å². The van der Waals surface area contributed by atoms with Gasteiger partial charge in [0.05, 0.1) is 19.9 Å². The summed E-state index contributed by atoms with van der Waals surface area (Å²) in [6.07, 6.45) is 1.49. The fourth-order valence-electron chi connectivity index (χ4n) is 2.67. The van der Waals surface area contributed by atoms with E-state index in [1.54, 1.807) is 19.2 Å². The molecular weight excluding hydrogens is 342 g/mol. The van der Waals surface area contributed by atoms with Crippen molar-refractivity contribution < 1.29 is 14.3 Å². The van der Waals surface area contributed by atoms with Crippen LogP contribution in [0.2, 0.25) is 0 Å². The lowest BCUT2D eigenvalue weighted by atomic mass is 10.0. The van der Waals surface area contributed by atoms with Crippen LogP contribution in [-0.4, -0.2) is 31.7 Å². The molecular formula is C21H19N3O3. The van der Waals surface area contributed by atoms with Crippen molar-refractivity contribution in [3.63, 3.8) is 0 Å².